The van der Waals surface area contributed by atoms with Crippen LogP contribution in [-0.2, 0) is 0 Å². The van der Waals surface area contributed by atoms with Crippen LogP contribution in [-0.4, -0.2) is 12.1 Å². The Labute approximate surface area is 99.1 Å². The molecule has 0 atom stereocenters. The maximum Gasteiger partial charge on any atom is 0.183 e. The Hall–Kier alpha value is -2.54. The van der Waals surface area contributed by atoms with Crippen molar-refractivity contribution < 1.29 is 9.47 Å². The van der Waals surface area contributed by atoms with Crippen LogP contribution in [0.4, 0.5) is 0 Å². The lowest BCUT2D eigenvalue weighted by molar-refractivity contribution is 0.378. The lowest BCUT2D eigenvalue weighted by Gasteiger charge is -2.10. The molecule has 0 fully saturated rings. The molecule has 0 aliphatic carbocycles. The zero-order valence-corrected chi connectivity index (χ0v) is 9.25. The molecule has 4 nitrogen and oxygen atoms in total. The Morgan fingerprint density at radius 3 is 2.47 bits per heavy atom. The van der Waals surface area contributed by atoms with E-state index in [0.29, 0.717) is 17.2 Å². The molecule has 0 amide bonds. The normalized spacial score (nSPS) is 9.41. The first kappa shape index (κ1) is 11.0. The van der Waals surface area contributed by atoms with Gasteiger partial charge in [0.05, 0.1) is 7.11 Å². The second kappa shape index (κ2) is 4.99. The van der Waals surface area contributed by atoms with Gasteiger partial charge in [-0.2, -0.15) is 5.26 Å². The summed E-state index contributed by atoms with van der Waals surface area (Å²) in [4.78, 5) is 3.92. The summed E-state index contributed by atoms with van der Waals surface area (Å²) in [6.07, 6.45) is 1.55. The van der Waals surface area contributed by atoms with E-state index >= 15 is 0 Å². The van der Waals surface area contributed by atoms with Crippen LogP contribution < -0.4 is 9.47 Å². The van der Waals surface area contributed by atoms with Crippen LogP contribution in [0.5, 0.6) is 17.2 Å². The Bertz CT molecular complexity index is 561. The van der Waals surface area contributed by atoms with E-state index in [0.717, 1.165) is 0 Å². The van der Waals surface area contributed by atoms with Crippen LogP contribution in [0.15, 0.2) is 42.6 Å². The SMILES string of the molecule is COc1ccccc1Oc1cccnc1C#N. The highest BCUT2D eigenvalue weighted by atomic mass is 16.5. The minimum absolute atomic E-state index is 0.249. The highest BCUT2D eigenvalue weighted by Crippen LogP contribution is 2.31. The molecular formula is C13H10N2O2. The summed E-state index contributed by atoms with van der Waals surface area (Å²) in [7, 11) is 1.57. The zero-order chi connectivity index (χ0) is 12.1. The number of aromatic nitrogens is 1. The van der Waals surface area contributed by atoms with Crippen molar-refractivity contribution in [3.63, 3.8) is 0 Å². The Balaban J connectivity index is 2.35. The van der Waals surface area contributed by atoms with Crippen molar-refractivity contribution in [1.82, 2.24) is 4.98 Å². The van der Waals surface area contributed by atoms with Crippen molar-refractivity contribution in [2.45, 2.75) is 0 Å². The predicted octanol–water partition coefficient (Wildman–Crippen LogP) is 2.75. The highest BCUT2D eigenvalue weighted by molar-refractivity contribution is 5.45. The van der Waals surface area contributed by atoms with E-state index in [2.05, 4.69) is 4.98 Å². The largest absolute Gasteiger partial charge is 0.493 e. The third-order valence-corrected chi connectivity index (χ3v) is 2.17. The lowest BCUT2D eigenvalue weighted by atomic mass is 10.3. The van der Waals surface area contributed by atoms with Crippen LogP contribution in [0, 0.1) is 11.3 Å². The maximum absolute atomic E-state index is 8.90. The number of nitriles is 1. The molecule has 1 aromatic carbocycles. The molecule has 84 valence electrons. The maximum atomic E-state index is 8.90. The lowest BCUT2D eigenvalue weighted by Crippen LogP contribution is -1.93. The molecule has 4 heteroatoms. The van der Waals surface area contributed by atoms with Crippen molar-refractivity contribution in [2.75, 3.05) is 7.11 Å². The summed E-state index contributed by atoms with van der Waals surface area (Å²) in [6, 6.07) is 12.6. The molecule has 0 bridgehead atoms. The minimum Gasteiger partial charge on any atom is -0.493 e. The van der Waals surface area contributed by atoms with Crippen molar-refractivity contribution in [3.8, 4) is 23.3 Å². The fourth-order valence-corrected chi connectivity index (χ4v) is 1.38. The number of pyridine rings is 1. The van der Waals surface area contributed by atoms with Crippen molar-refractivity contribution in [2.24, 2.45) is 0 Å². The van der Waals surface area contributed by atoms with Gasteiger partial charge in [0.25, 0.3) is 0 Å². The molecule has 1 heterocycles. The molecule has 17 heavy (non-hydrogen) atoms. The number of benzene rings is 1. The molecule has 2 rings (SSSR count). The molecule has 0 aliphatic rings. The molecule has 2 aromatic rings. The number of para-hydroxylation sites is 2. The Morgan fingerprint density at radius 1 is 1.06 bits per heavy atom. The number of nitrogens with zero attached hydrogens (tertiary/aromatic N) is 2. The predicted molar refractivity (Wildman–Crippen MR) is 62.0 cm³/mol. The molecule has 0 saturated carbocycles. The molecule has 0 unspecified atom stereocenters. The number of rotatable bonds is 3. The van der Waals surface area contributed by atoms with Gasteiger partial charge in [-0.05, 0) is 24.3 Å². The van der Waals surface area contributed by atoms with Crippen LogP contribution in [0.3, 0.4) is 0 Å². The highest BCUT2D eigenvalue weighted by Gasteiger charge is 2.08. The number of methoxy groups -OCH3 is 1. The van der Waals surface area contributed by atoms with E-state index in [9.17, 15) is 0 Å². The summed E-state index contributed by atoms with van der Waals surface area (Å²) < 4.78 is 10.8. The van der Waals surface area contributed by atoms with Gasteiger partial charge < -0.3 is 9.47 Å². The van der Waals surface area contributed by atoms with Crippen LogP contribution in [0.2, 0.25) is 0 Å². The fourth-order valence-electron chi connectivity index (χ4n) is 1.38. The number of hydrogen-bond acceptors (Lipinski definition) is 4. The van der Waals surface area contributed by atoms with E-state index < -0.39 is 0 Å². The first-order valence-electron chi connectivity index (χ1n) is 5.01. The van der Waals surface area contributed by atoms with Gasteiger partial charge in [-0.1, -0.05) is 12.1 Å². The van der Waals surface area contributed by atoms with E-state index in [1.165, 1.54) is 0 Å². The molecule has 0 spiro atoms. The van der Waals surface area contributed by atoms with Gasteiger partial charge in [-0.3, -0.25) is 0 Å². The molecular weight excluding hydrogens is 216 g/mol. The summed E-state index contributed by atoms with van der Waals surface area (Å²) in [5.41, 5.74) is 0.249. The van der Waals surface area contributed by atoms with Crippen molar-refractivity contribution in [3.05, 3.63) is 48.3 Å². The van der Waals surface area contributed by atoms with Gasteiger partial charge in [0.15, 0.2) is 22.9 Å². The first-order chi connectivity index (χ1) is 8.35. The number of ether oxygens (including phenoxy) is 2. The standard InChI is InChI=1S/C13H10N2O2/c1-16-12-5-2-3-6-13(12)17-11-7-4-8-15-10(11)9-14/h2-8H,1H3. The molecule has 1 aromatic heterocycles. The Kier molecular flexibility index (Phi) is 3.22. The second-order valence-electron chi connectivity index (χ2n) is 3.21. The third-order valence-electron chi connectivity index (χ3n) is 2.17. The second-order valence-corrected chi connectivity index (χ2v) is 3.21. The van der Waals surface area contributed by atoms with E-state index in [1.807, 2.05) is 18.2 Å². The molecule has 0 radical (unpaired) electrons. The summed E-state index contributed by atoms with van der Waals surface area (Å²) in [5, 5.41) is 8.90. The average Bonchev–Trinajstić information content (AvgIpc) is 2.40. The minimum atomic E-state index is 0.249. The summed E-state index contributed by atoms with van der Waals surface area (Å²) in [6.45, 7) is 0. The van der Waals surface area contributed by atoms with Gasteiger partial charge in [0.2, 0.25) is 0 Å². The zero-order valence-electron chi connectivity index (χ0n) is 9.25. The monoisotopic (exact) mass is 226 g/mol. The molecule has 0 saturated heterocycles. The van der Waals surface area contributed by atoms with E-state index in [1.54, 1.807) is 37.6 Å². The average molecular weight is 226 g/mol. The topological polar surface area (TPSA) is 55.1 Å². The fraction of sp³-hybridized carbons (Fsp3) is 0.0769. The summed E-state index contributed by atoms with van der Waals surface area (Å²) >= 11 is 0. The van der Waals surface area contributed by atoms with Gasteiger partial charge in [-0.25, -0.2) is 4.98 Å². The van der Waals surface area contributed by atoms with Crippen LogP contribution in [0.25, 0.3) is 0 Å². The number of hydrogen-bond donors (Lipinski definition) is 0. The van der Waals surface area contributed by atoms with E-state index in [4.69, 9.17) is 14.7 Å². The van der Waals surface area contributed by atoms with Crippen molar-refractivity contribution in [1.29, 1.82) is 5.26 Å². The Morgan fingerprint density at radius 2 is 1.76 bits per heavy atom. The van der Waals surface area contributed by atoms with Gasteiger partial charge >= 0.3 is 0 Å². The molecule has 0 aliphatic heterocycles. The first-order valence-corrected chi connectivity index (χ1v) is 5.01. The smallest absolute Gasteiger partial charge is 0.183 e. The van der Waals surface area contributed by atoms with E-state index in [-0.39, 0.29) is 5.69 Å². The summed E-state index contributed by atoms with van der Waals surface area (Å²) in [5.74, 6) is 1.58. The van der Waals surface area contributed by atoms with Crippen molar-refractivity contribution >= 4 is 0 Å². The van der Waals surface area contributed by atoms with Crippen LogP contribution in [0.1, 0.15) is 5.69 Å². The quantitative estimate of drug-likeness (QED) is 0.807. The van der Waals surface area contributed by atoms with Gasteiger partial charge in [-0.15, -0.1) is 0 Å². The van der Waals surface area contributed by atoms with Gasteiger partial charge in [0, 0.05) is 6.20 Å². The van der Waals surface area contributed by atoms with Crippen LogP contribution >= 0.6 is 0 Å². The third kappa shape index (κ3) is 2.34. The molecule has 0 N–H and O–H groups in total. The van der Waals surface area contributed by atoms with Gasteiger partial charge in [0.1, 0.15) is 6.07 Å².